The third kappa shape index (κ3) is 5.25. The third-order valence-electron chi connectivity index (χ3n) is 7.16. The molecular formula is C30H24BrN3O6S2. The number of fused-ring (bicyclic) bond motifs is 2. The van der Waals surface area contributed by atoms with Gasteiger partial charge in [-0.2, -0.15) is 0 Å². The van der Waals surface area contributed by atoms with E-state index in [1.54, 1.807) is 55.6 Å². The Balaban J connectivity index is 1.34. The Morgan fingerprint density at radius 1 is 1.02 bits per heavy atom. The van der Waals surface area contributed by atoms with Crippen molar-refractivity contribution >= 4 is 68.1 Å². The highest BCUT2D eigenvalue weighted by molar-refractivity contribution is 9.10. The van der Waals surface area contributed by atoms with E-state index in [0.717, 1.165) is 21.4 Å². The van der Waals surface area contributed by atoms with Gasteiger partial charge in [-0.05, 0) is 61.5 Å². The van der Waals surface area contributed by atoms with Crippen LogP contribution in [0.15, 0.2) is 81.0 Å². The van der Waals surface area contributed by atoms with E-state index in [1.807, 2.05) is 25.1 Å². The van der Waals surface area contributed by atoms with Gasteiger partial charge in [0.25, 0.3) is 5.91 Å². The van der Waals surface area contributed by atoms with Crippen molar-refractivity contribution in [3.05, 3.63) is 96.9 Å². The van der Waals surface area contributed by atoms with Gasteiger partial charge in [0.05, 0.1) is 23.7 Å². The monoisotopic (exact) mass is 665 g/mol. The van der Waals surface area contributed by atoms with Crippen LogP contribution in [-0.4, -0.2) is 41.7 Å². The van der Waals surface area contributed by atoms with E-state index >= 15 is 0 Å². The van der Waals surface area contributed by atoms with Gasteiger partial charge in [0, 0.05) is 26.5 Å². The molecule has 2 aliphatic heterocycles. The van der Waals surface area contributed by atoms with Crippen molar-refractivity contribution in [1.82, 2.24) is 4.98 Å². The first-order valence-corrected chi connectivity index (χ1v) is 15.4. The number of amides is 3. The molecule has 2 aliphatic rings. The van der Waals surface area contributed by atoms with Crippen LogP contribution in [0.25, 0.3) is 0 Å². The first-order valence-electron chi connectivity index (χ1n) is 12.9. The summed E-state index contributed by atoms with van der Waals surface area (Å²) < 4.78 is 11.9. The van der Waals surface area contributed by atoms with Crippen molar-refractivity contribution in [2.45, 2.75) is 23.1 Å². The summed E-state index contributed by atoms with van der Waals surface area (Å²) in [7, 11) is 1.56. The first kappa shape index (κ1) is 28.3. The molecule has 6 rings (SSSR count). The number of rotatable bonds is 7. The molecule has 1 aromatic heterocycles. The molecular weight excluding hydrogens is 642 g/mol. The Morgan fingerprint density at radius 2 is 1.76 bits per heavy atom. The molecule has 3 heterocycles. The minimum absolute atomic E-state index is 0.274. The van der Waals surface area contributed by atoms with E-state index in [-0.39, 0.29) is 29.2 Å². The summed E-state index contributed by atoms with van der Waals surface area (Å²) in [6, 6.07) is 19.4. The number of aromatic nitrogens is 1. The summed E-state index contributed by atoms with van der Waals surface area (Å²) in [6.07, 6.45) is 0. The van der Waals surface area contributed by atoms with Crippen molar-refractivity contribution in [2.24, 2.45) is 5.92 Å². The molecule has 0 radical (unpaired) electrons. The standard InChI is InChI=1S/C30H24BrN3O6S2/c1-15-3-8-18(9-4-15)34-28(36)24-23(25-27(33-30(38)42-25)41-26(24)29(34)37)20-13-16(31)5-12-21(20)40-14-22(35)32-17-6-10-19(39-2)11-7-17/h3-13,23-24,26H,14H2,1-2H3,(H,32,35)(H,33,38)/t23-,24?,26?/m1/s1. The van der Waals surface area contributed by atoms with Gasteiger partial charge in [-0.25, -0.2) is 4.90 Å². The molecule has 0 bridgehead atoms. The van der Waals surface area contributed by atoms with Crippen LogP contribution in [-0.2, 0) is 14.4 Å². The fourth-order valence-corrected chi connectivity index (χ4v) is 8.09. The van der Waals surface area contributed by atoms with Crippen LogP contribution in [0.1, 0.15) is 21.9 Å². The maximum atomic E-state index is 14.0. The van der Waals surface area contributed by atoms with E-state index in [0.29, 0.717) is 38.3 Å². The molecule has 1 fully saturated rings. The van der Waals surface area contributed by atoms with E-state index in [1.165, 1.54) is 16.7 Å². The predicted octanol–water partition coefficient (Wildman–Crippen LogP) is 5.33. The molecule has 2 unspecified atom stereocenters. The summed E-state index contributed by atoms with van der Waals surface area (Å²) in [5.41, 5.74) is 2.69. The number of halogens is 1. The van der Waals surface area contributed by atoms with Gasteiger partial charge < -0.3 is 19.8 Å². The SMILES string of the molecule is COc1ccc(NC(=O)COc2ccc(Br)cc2[C@H]2c3sc(=O)[nH]c3SC3C(=O)N(c4ccc(C)cc4)C(=O)C32)cc1. The Hall–Kier alpha value is -3.87. The van der Waals surface area contributed by atoms with Gasteiger partial charge in [0.15, 0.2) is 6.61 Å². The molecule has 4 aromatic rings. The molecule has 3 aromatic carbocycles. The summed E-state index contributed by atoms with van der Waals surface area (Å²) in [6.45, 7) is 1.64. The molecule has 12 heteroatoms. The quantitative estimate of drug-likeness (QED) is 0.256. The van der Waals surface area contributed by atoms with E-state index in [4.69, 9.17) is 9.47 Å². The normalized spacial score (nSPS) is 19.3. The van der Waals surface area contributed by atoms with E-state index in [2.05, 4.69) is 26.2 Å². The lowest BCUT2D eigenvalue weighted by Gasteiger charge is -2.31. The highest BCUT2D eigenvalue weighted by Gasteiger charge is 2.56. The largest absolute Gasteiger partial charge is 0.497 e. The minimum atomic E-state index is -0.785. The number of ether oxygens (including phenoxy) is 2. The first-order chi connectivity index (χ1) is 20.2. The molecule has 3 atom stereocenters. The third-order valence-corrected chi connectivity index (χ3v) is 10.0. The highest BCUT2D eigenvalue weighted by Crippen LogP contribution is 2.54. The average molecular weight is 667 g/mol. The second-order valence-electron chi connectivity index (χ2n) is 9.84. The van der Waals surface area contributed by atoms with Crippen LogP contribution in [0, 0.1) is 12.8 Å². The number of carbonyl (C=O) groups excluding carboxylic acids is 3. The van der Waals surface area contributed by atoms with Crippen LogP contribution >= 0.6 is 39.0 Å². The summed E-state index contributed by atoms with van der Waals surface area (Å²) >= 11 is 5.74. The topological polar surface area (TPSA) is 118 Å². The summed E-state index contributed by atoms with van der Waals surface area (Å²) in [5.74, 6) is -1.46. The van der Waals surface area contributed by atoms with Gasteiger partial charge in [-0.3, -0.25) is 19.2 Å². The van der Waals surface area contributed by atoms with E-state index < -0.39 is 17.1 Å². The maximum Gasteiger partial charge on any atom is 0.305 e. The molecule has 3 amide bonds. The summed E-state index contributed by atoms with van der Waals surface area (Å²) in [4.78, 5) is 57.5. The Morgan fingerprint density at radius 3 is 2.48 bits per heavy atom. The number of imide groups is 1. The number of aryl methyl sites for hydroxylation is 1. The number of hydrogen-bond acceptors (Lipinski definition) is 8. The number of thiazole rings is 1. The lowest BCUT2D eigenvalue weighted by atomic mass is 9.82. The number of thioether (sulfide) groups is 1. The van der Waals surface area contributed by atoms with Gasteiger partial charge in [-0.1, -0.05) is 56.7 Å². The second kappa shape index (κ2) is 11.4. The van der Waals surface area contributed by atoms with Crippen molar-refractivity contribution < 1.29 is 23.9 Å². The number of nitrogens with one attached hydrogen (secondary N) is 2. The minimum Gasteiger partial charge on any atom is -0.497 e. The second-order valence-corrected chi connectivity index (χ2v) is 12.9. The van der Waals surface area contributed by atoms with Gasteiger partial charge in [0.1, 0.15) is 16.7 Å². The zero-order valence-electron chi connectivity index (χ0n) is 22.4. The summed E-state index contributed by atoms with van der Waals surface area (Å²) in [5, 5.41) is 2.61. The highest BCUT2D eigenvalue weighted by atomic mass is 79.9. The number of aromatic amines is 1. The van der Waals surface area contributed by atoms with Crippen molar-refractivity contribution in [3.8, 4) is 11.5 Å². The van der Waals surface area contributed by atoms with Crippen molar-refractivity contribution in [2.75, 3.05) is 23.9 Å². The van der Waals surface area contributed by atoms with Gasteiger partial charge in [0.2, 0.25) is 11.8 Å². The predicted molar refractivity (Wildman–Crippen MR) is 165 cm³/mol. The Kier molecular flexibility index (Phi) is 7.69. The number of methoxy groups -OCH3 is 1. The molecule has 1 saturated heterocycles. The average Bonchev–Trinajstić information content (AvgIpc) is 3.47. The lowest BCUT2D eigenvalue weighted by molar-refractivity contribution is -0.122. The number of carbonyl (C=O) groups is 3. The van der Waals surface area contributed by atoms with Crippen LogP contribution < -0.4 is 24.6 Å². The Labute approximate surface area is 257 Å². The van der Waals surface area contributed by atoms with Crippen LogP contribution in [0.4, 0.5) is 11.4 Å². The molecule has 0 saturated carbocycles. The number of H-pyrrole nitrogens is 1. The van der Waals surface area contributed by atoms with Crippen LogP contribution in [0.3, 0.4) is 0 Å². The molecule has 42 heavy (non-hydrogen) atoms. The van der Waals surface area contributed by atoms with Crippen molar-refractivity contribution in [3.63, 3.8) is 0 Å². The number of hydrogen-bond donors (Lipinski definition) is 2. The number of anilines is 2. The fraction of sp³-hybridized carbons (Fsp3) is 0.200. The Bertz CT molecular complexity index is 1750. The molecule has 214 valence electrons. The van der Waals surface area contributed by atoms with Gasteiger partial charge in [-0.15, -0.1) is 0 Å². The zero-order chi connectivity index (χ0) is 29.5. The number of benzene rings is 3. The molecule has 9 nitrogen and oxygen atoms in total. The van der Waals surface area contributed by atoms with Crippen molar-refractivity contribution in [1.29, 1.82) is 0 Å². The molecule has 0 spiro atoms. The fourth-order valence-electron chi connectivity index (χ4n) is 5.21. The van der Waals surface area contributed by atoms with Crippen LogP contribution in [0.2, 0.25) is 0 Å². The number of nitrogens with zero attached hydrogens (tertiary/aromatic N) is 1. The van der Waals surface area contributed by atoms with E-state index in [9.17, 15) is 19.2 Å². The lowest BCUT2D eigenvalue weighted by Crippen LogP contribution is -2.32. The molecule has 2 N–H and O–H groups in total. The molecule has 0 aliphatic carbocycles. The van der Waals surface area contributed by atoms with Gasteiger partial charge >= 0.3 is 4.87 Å². The smallest absolute Gasteiger partial charge is 0.305 e. The van der Waals surface area contributed by atoms with Crippen LogP contribution in [0.5, 0.6) is 11.5 Å². The zero-order valence-corrected chi connectivity index (χ0v) is 25.6. The maximum absolute atomic E-state index is 14.0.